The van der Waals surface area contributed by atoms with Gasteiger partial charge < -0.3 is 16.0 Å². The van der Waals surface area contributed by atoms with E-state index in [0.717, 1.165) is 23.9 Å². The van der Waals surface area contributed by atoms with Crippen molar-refractivity contribution in [1.29, 1.82) is 0 Å². The molecule has 6 nitrogen and oxygen atoms in total. The van der Waals surface area contributed by atoms with Crippen LogP contribution in [-0.2, 0) is 11.3 Å². The fourth-order valence-electron chi connectivity index (χ4n) is 3.55. The molecule has 1 heterocycles. The Hall–Kier alpha value is -2.08. The van der Waals surface area contributed by atoms with Gasteiger partial charge >= 0.3 is 5.69 Å². The number of imidazole rings is 1. The second-order valence-corrected chi connectivity index (χ2v) is 6.71. The van der Waals surface area contributed by atoms with Gasteiger partial charge in [-0.25, -0.2) is 4.79 Å². The summed E-state index contributed by atoms with van der Waals surface area (Å²) in [6.07, 6.45) is 5.64. The first-order valence-corrected chi connectivity index (χ1v) is 8.85. The predicted molar refractivity (Wildman–Crippen MR) is 94.7 cm³/mol. The van der Waals surface area contributed by atoms with E-state index < -0.39 is 0 Å². The number of aromatic nitrogens is 2. The number of nitrogens with two attached hydrogens (primary N) is 1. The number of hydrogen-bond acceptors (Lipinski definition) is 3. The quantitative estimate of drug-likeness (QED) is 0.753. The Morgan fingerprint density at radius 1 is 1.29 bits per heavy atom. The van der Waals surface area contributed by atoms with Crippen LogP contribution in [0.5, 0.6) is 0 Å². The van der Waals surface area contributed by atoms with Crippen LogP contribution in [0.25, 0.3) is 11.0 Å². The first-order valence-electron chi connectivity index (χ1n) is 8.85. The fraction of sp³-hybridized carbons (Fsp3) is 0.556. The van der Waals surface area contributed by atoms with Crippen LogP contribution >= 0.6 is 0 Å². The molecule has 0 unspecified atom stereocenters. The molecular formula is C18H26N4O2. The van der Waals surface area contributed by atoms with Crippen LogP contribution in [-0.4, -0.2) is 28.0 Å². The molecule has 6 heteroatoms. The van der Waals surface area contributed by atoms with E-state index >= 15 is 0 Å². The van der Waals surface area contributed by atoms with Gasteiger partial charge in [0.05, 0.1) is 11.0 Å². The minimum absolute atomic E-state index is 0.0423. The molecule has 24 heavy (non-hydrogen) atoms. The van der Waals surface area contributed by atoms with Gasteiger partial charge in [-0.1, -0.05) is 25.0 Å². The largest absolute Gasteiger partial charge is 0.356 e. The number of aryl methyl sites for hydroxylation is 1. The summed E-state index contributed by atoms with van der Waals surface area (Å²) in [6, 6.07) is 7.81. The van der Waals surface area contributed by atoms with Crippen LogP contribution in [0.3, 0.4) is 0 Å². The lowest BCUT2D eigenvalue weighted by Crippen LogP contribution is -2.41. The molecule has 2 aromatic rings. The van der Waals surface area contributed by atoms with Gasteiger partial charge in [0, 0.05) is 25.6 Å². The first-order chi connectivity index (χ1) is 11.6. The maximum Gasteiger partial charge on any atom is 0.326 e. The molecule has 0 bridgehead atoms. The average molecular weight is 330 g/mol. The molecule has 0 aliphatic heterocycles. The lowest BCUT2D eigenvalue weighted by atomic mass is 9.85. The smallest absolute Gasteiger partial charge is 0.326 e. The highest BCUT2D eigenvalue weighted by Gasteiger charge is 2.21. The molecule has 0 saturated heterocycles. The molecule has 2 atom stereocenters. The molecule has 1 aliphatic carbocycles. The van der Waals surface area contributed by atoms with Gasteiger partial charge in [-0.3, -0.25) is 9.36 Å². The van der Waals surface area contributed by atoms with Gasteiger partial charge in [0.2, 0.25) is 5.91 Å². The molecule has 130 valence electrons. The van der Waals surface area contributed by atoms with Crippen molar-refractivity contribution in [3.05, 3.63) is 34.7 Å². The summed E-state index contributed by atoms with van der Waals surface area (Å²) in [7, 11) is 0. The molecule has 0 spiro atoms. The number of carbonyl (C=O) groups excluding carboxylic acids is 1. The van der Waals surface area contributed by atoms with Gasteiger partial charge in [0.15, 0.2) is 0 Å². The molecular weight excluding hydrogens is 304 g/mol. The van der Waals surface area contributed by atoms with Gasteiger partial charge in [0.1, 0.15) is 0 Å². The maximum absolute atomic E-state index is 12.0. The highest BCUT2D eigenvalue weighted by Crippen LogP contribution is 2.22. The summed E-state index contributed by atoms with van der Waals surface area (Å²) in [5, 5.41) is 3.00. The summed E-state index contributed by atoms with van der Waals surface area (Å²) in [6.45, 7) is 1.21. The average Bonchev–Trinajstić information content (AvgIpc) is 2.90. The van der Waals surface area contributed by atoms with E-state index in [1.807, 2.05) is 24.3 Å². The van der Waals surface area contributed by atoms with E-state index in [-0.39, 0.29) is 17.6 Å². The Balaban J connectivity index is 1.46. The van der Waals surface area contributed by atoms with Crippen molar-refractivity contribution in [2.24, 2.45) is 11.7 Å². The zero-order chi connectivity index (χ0) is 16.9. The summed E-state index contributed by atoms with van der Waals surface area (Å²) >= 11 is 0. The van der Waals surface area contributed by atoms with Crippen molar-refractivity contribution in [3.63, 3.8) is 0 Å². The van der Waals surface area contributed by atoms with E-state index in [2.05, 4.69) is 10.3 Å². The van der Waals surface area contributed by atoms with Crippen molar-refractivity contribution in [3.8, 4) is 0 Å². The molecule has 1 saturated carbocycles. The van der Waals surface area contributed by atoms with E-state index in [1.165, 1.54) is 12.8 Å². The zero-order valence-electron chi connectivity index (χ0n) is 14.0. The van der Waals surface area contributed by atoms with E-state index in [4.69, 9.17) is 5.73 Å². The highest BCUT2D eigenvalue weighted by atomic mass is 16.2. The fourth-order valence-corrected chi connectivity index (χ4v) is 3.55. The lowest BCUT2D eigenvalue weighted by Gasteiger charge is -2.28. The number of fused-ring (bicyclic) bond motifs is 1. The zero-order valence-corrected chi connectivity index (χ0v) is 14.0. The first kappa shape index (κ1) is 16.8. The summed E-state index contributed by atoms with van der Waals surface area (Å²) in [4.78, 5) is 26.8. The summed E-state index contributed by atoms with van der Waals surface area (Å²) in [5.74, 6) is 0.444. The van der Waals surface area contributed by atoms with Crippen LogP contribution in [0.4, 0.5) is 0 Å². The Morgan fingerprint density at radius 2 is 2.08 bits per heavy atom. The molecule has 4 N–H and O–H groups in total. The molecule has 1 amide bonds. The maximum atomic E-state index is 12.0. The predicted octanol–water partition coefficient (Wildman–Crippen LogP) is 1.74. The summed E-state index contributed by atoms with van der Waals surface area (Å²) < 4.78 is 1.69. The molecule has 3 rings (SSSR count). The highest BCUT2D eigenvalue weighted by molar-refractivity contribution is 5.76. The monoisotopic (exact) mass is 330 g/mol. The number of rotatable bonds is 6. The SMILES string of the molecule is N[C@H]1CCCC[C@H]1CNC(=O)CCCn1c(=O)[nH]c2ccccc21. The van der Waals surface area contributed by atoms with E-state index in [9.17, 15) is 9.59 Å². The van der Waals surface area contributed by atoms with Crippen LogP contribution < -0.4 is 16.7 Å². The topological polar surface area (TPSA) is 92.9 Å². The second-order valence-electron chi connectivity index (χ2n) is 6.71. The number of para-hydroxylation sites is 2. The van der Waals surface area contributed by atoms with Crippen LogP contribution in [0.15, 0.2) is 29.1 Å². The number of benzene rings is 1. The number of hydrogen-bond donors (Lipinski definition) is 3. The molecule has 1 aromatic carbocycles. The van der Waals surface area contributed by atoms with E-state index in [1.54, 1.807) is 4.57 Å². The van der Waals surface area contributed by atoms with E-state index in [0.29, 0.717) is 31.8 Å². The lowest BCUT2D eigenvalue weighted by molar-refractivity contribution is -0.121. The molecule has 0 radical (unpaired) electrons. The Bertz CT molecular complexity index is 749. The normalized spacial score (nSPS) is 21.0. The molecule has 1 fully saturated rings. The van der Waals surface area contributed by atoms with Gasteiger partial charge in [-0.15, -0.1) is 0 Å². The number of carbonyl (C=O) groups is 1. The third-order valence-corrected chi connectivity index (χ3v) is 5.00. The van der Waals surface area contributed by atoms with Gasteiger partial charge in [-0.2, -0.15) is 0 Å². The number of H-pyrrole nitrogens is 1. The van der Waals surface area contributed by atoms with Crippen molar-refractivity contribution >= 4 is 16.9 Å². The minimum Gasteiger partial charge on any atom is -0.356 e. The van der Waals surface area contributed by atoms with Gasteiger partial charge in [0.25, 0.3) is 0 Å². The van der Waals surface area contributed by atoms with Crippen LogP contribution in [0.2, 0.25) is 0 Å². The van der Waals surface area contributed by atoms with Crippen molar-refractivity contribution in [2.45, 2.75) is 51.1 Å². The molecule has 1 aliphatic rings. The Kier molecular flexibility index (Phi) is 5.35. The minimum atomic E-state index is -0.121. The Labute approximate surface area is 141 Å². The second kappa shape index (κ2) is 7.66. The number of nitrogens with zero attached hydrogens (tertiary/aromatic N) is 1. The van der Waals surface area contributed by atoms with Crippen LogP contribution in [0.1, 0.15) is 38.5 Å². The summed E-state index contributed by atoms with van der Waals surface area (Å²) in [5.41, 5.74) is 7.70. The van der Waals surface area contributed by atoms with Gasteiger partial charge in [-0.05, 0) is 37.3 Å². The number of nitrogens with one attached hydrogen (secondary N) is 2. The van der Waals surface area contributed by atoms with Crippen molar-refractivity contribution in [1.82, 2.24) is 14.9 Å². The Morgan fingerprint density at radius 3 is 2.92 bits per heavy atom. The third kappa shape index (κ3) is 3.87. The number of amides is 1. The number of aromatic amines is 1. The standard InChI is InChI=1S/C18H26N4O2/c19-14-7-2-1-6-13(14)12-20-17(23)10-5-11-22-16-9-4-3-8-15(16)21-18(22)24/h3-4,8-9,13-14H,1-2,5-7,10-12,19H2,(H,20,23)(H,21,24)/t13-,14-/m0/s1. The van der Waals surface area contributed by atoms with Crippen LogP contribution in [0, 0.1) is 5.92 Å². The third-order valence-electron chi connectivity index (χ3n) is 5.00. The van der Waals surface area contributed by atoms with Crippen molar-refractivity contribution < 1.29 is 4.79 Å². The molecule has 1 aromatic heterocycles. The van der Waals surface area contributed by atoms with Crippen molar-refractivity contribution in [2.75, 3.05) is 6.54 Å².